The molecule has 218 valence electrons. The smallest absolute Gasteiger partial charge is 0.392 e. The highest BCUT2D eigenvalue weighted by atomic mass is 32.2. The first-order valence-electron chi connectivity index (χ1n) is 11.6. The fourth-order valence-electron chi connectivity index (χ4n) is 4.61. The summed E-state index contributed by atoms with van der Waals surface area (Å²) in [7, 11) is -3.89. The summed E-state index contributed by atoms with van der Waals surface area (Å²) in [6, 6.07) is 5.28. The molecule has 1 fully saturated rings. The van der Waals surface area contributed by atoms with Crippen LogP contribution in [-0.2, 0) is 10.1 Å². The number of alkyl halides is 3. The van der Waals surface area contributed by atoms with Gasteiger partial charge in [-0.3, -0.25) is 0 Å². The van der Waals surface area contributed by atoms with Gasteiger partial charge >= 0.3 is 16.3 Å². The topological polar surface area (TPSA) is 55.8 Å². The van der Waals surface area contributed by atoms with Crippen molar-refractivity contribution in [3.8, 4) is 11.5 Å². The summed E-state index contributed by atoms with van der Waals surface area (Å²) in [6.45, 7) is 0.101. The zero-order valence-electron chi connectivity index (χ0n) is 20.5. The lowest BCUT2D eigenvalue weighted by molar-refractivity contribution is -0.148. The fraction of sp³-hybridized carbons (Fsp3) is 0.231. The molecule has 3 aromatic carbocycles. The van der Waals surface area contributed by atoms with Crippen molar-refractivity contribution >= 4 is 27.6 Å². The van der Waals surface area contributed by atoms with E-state index in [4.69, 9.17) is 4.74 Å². The molecule has 5 nitrogen and oxygen atoms in total. The van der Waals surface area contributed by atoms with Gasteiger partial charge in [0.05, 0.1) is 18.7 Å². The minimum absolute atomic E-state index is 0.0434. The third-order valence-electron chi connectivity index (χ3n) is 6.73. The number of hydrogen-bond donors (Lipinski definition) is 0. The maximum Gasteiger partial charge on any atom is 0.392 e. The zero-order valence-corrected chi connectivity index (χ0v) is 21.3. The molecule has 0 saturated heterocycles. The molecule has 1 heterocycles. The lowest BCUT2D eigenvalue weighted by Gasteiger charge is -2.30. The van der Waals surface area contributed by atoms with Crippen LogP contribution in [0.4, 0.5) is 50.9 Å². The van der Waals surface area contributed by atoms with E-state index in [1.165, 1.54) is 36.3 Å². The molecule has 5 rings (SSSR count). The van der Waals surface area contributed by atoms with Gasteiger partial charge in [0.1, 0.15) is 16.5 Å². The quantitative estimate of drug-likeness (QED) is 0.129. The Morgan fingerprint density at radius 2 is 1.51 bits per heavy atom. The van der Waals surface area contributed by atoms with E-state index < -0.39 is 73.7 Å². The van der Waals surface area contributed by atoms with Crippen LogP contribution in [0.2, 0.25) is 0 Å². The van der Waals surface area contributed by atoms with Gasteiger partial charge in [0.15, 0.2) is 0 Å². The second-order valence-electron chi connectivity index (χ2n) is 9.21. The highest BCUT2D eigenvalue weighted by Gasteiger charge is 2.57. The fourth-order valence-corrected chi connectivity index (χ4v) is 5.58. The first-order valence-corrected chi connectivity index (χ1v) is 13.0. The van der Waals surface area contributed by atoms with Gasteiger partial charge in [-0.15, -0.1) is 0 Å². The van der Waals surface area contributed by atoms with E-state index in [-0.39, 0.29) is 41.2 Å². The molecule has 1 aliphatic heterocycles. The summed E-state index contributed by atoms with van der Waals surface area (Å²) >= 11 is 0. The molecule has 2 atom stereocenters. The lowest BCUT2D eigenvalue weighted by Crippen LogP contribution is -2.22. The molecule has 0 bridgehead atoms. The van der Waals surface area contributed by atoms with Crippen LogP contribution in [-0.4, -0.2) is 28.2 Å². The van der Waals surface area contributed by atoms with E-state index in [1.807, 2.05) is 0 Å². The Labute approximate surface area is 226 Å². The van der Waals surface area contributed by atoms with Crippen molar-refractivity contribution in [2.75, 3.05) is 18.6 Å². The average molecular weight is 609 g/mol. The summed E-state index contributed by atoms with van der Waals surface area (Å²) in [5.74, 6) is -17.9. The second-order valence-corrected chi connectivity index (χ2v) is 10.8. The Morgan fingerprint density at radius 3 is 2.10 bits per heavy atom. The van der Waals surface area contributed by atoms with Crippen molar-refractivity contribution in [2.24, 2.45) is 5.92 Å². The molecule has 1 aliphatic carbocycles. The molecule has 0 aromatic heterocycles. The number of nitrogens with zero attached hydrogens (tertiary/aromatic N) is 1. The maximum atomic E-state index is 15.0. The van der Waals surface area contributed by atoms with Crippen molar-refractivity contribution in [3.63, 3.8) is 0 Å². The Kier molecular flexibility index (Phi) is 6.91. The molecule has 15 heteroatoms. The molecule has 2 aliphatic rings. The van der Waals surface area contributed by atoms with Crippen molar-refractivity contribution in [1.82, 2.24) is 0 Å². The first-order chi connectivity index (χ1) is 19.2. The Morgan fingerprint density at radius 1 is 0.878 bits per heavy atom. The number of methoxy groups -OCH3 is 1. The van der Waals surface area contributed by atoms with Crippen LogP contribution in [0.1, 0.15) is 23.5 Å². The standard InChI is InChI=1S/C26H16F9NO4S/c1-39-19-9-14(13-8-15(13)26(33,34)35)16(27)10-18(19)36-6-2-3-11-7-12(4-5-17(11)36)41(37,38)40-25-23(31)21(29)20(28)22(30)24(25)32/h2-5,7,9-10,13,15H,6,8H2,1H3/t13-,15+/m0/s1. The summed E-state index contributed by atoms with van der Waals surface area (Å²) in [6.07, 6.45) is -1.77. The van der Waals surface area contributed by atoms with Gasteiger partial charge in [0, 0.05) is 18.3 Å². The first kappa shape index (κ1) is 28.6. The molecular weight excluding hydrogens is 593 g/mol. The van der Waals surface area contributed by atoms with Gasteiger partial charge in [0.25, 0.3) is 0 Å². The average Bonchev–Trinajstić information content (AvgIpc) is 3.74. The largest absolute Gasteiger partial charge is 0.495 e. The van der Waals surface area contributed by atoms with Crippen molar-refractivity contribution in [2.45, 2.75) is 23.4 Å². The highest BCUT2D eigenvalue weighted by Crippen LogP contribution is 2.57. The summed E-state index contributed by atoms with van der Waals surface area (Å²) in [4.78, 5) is 0.753. The number of ether oxygens (including phenoxy) is 1. The van der Waals surface area contributed by atoms with Crippen molar-refractivity contribution in [3.05, 3.63) is 82.4 Å². The van der Waals surface area contributed by atoms with E-state index >= 15 is 4.39 Å². The molecule has 0 amide bonds. The van der Waals surface area contributed by atoms with Crippen LogP contribution in [0.25, 0.3) is 6.08 Å². The Bertz CT molecular complexity index is 1680. The van der Waals surface area contributed by atoms with Crippen LogP contribution in [0.3, 0.4) is 0 Å². The molecule has 0 radical (unpaired) electrons. The minimum Gasteiger partial charge on any atom is -0.495 e. The summed E-state index contributed by atoms with van der Waals surface area (Å²) in [5.41, 5.74) is 0.376. The monoisotopic (exact) mass is 609 g/mol. The van der Waals surface area contributed by atoms with E-state index in [1.54, 1.807) is 0 Å². The third-order valence-corrected chi connectivity index (χ3v) is 7.94. The zero-order chi connectivity index (χ0) is 30.0. The van der Waals surface area contributed by atoms with Crippen LogP contribution in [0.5, 0.6) is 11.5 Å². The third kappa shape index (κ3) is 4.96. The van der Waals surface area contributed by atoms with Gasteiger partial charge in [-0.1, -0.05) is 12.2 Å². The van der Waals surface area contributed by atoms with Gasteiger partial charge in [-0.25, -0.2) is 17.6 Å². The SMILES string of the molecule is COc1cc([C@@H]2C[C@H]2C(F)(F)F)c(F)cc1N1CC=Cc2cc(S(=O)(=O)Oc3c(F)c(F)c(F)c(F)c3F)ccc21. The van der Waals surface area contributed by atoms with Crippen LogP contribution >= 0.6 is 0 Å². The van der Waals surface area contributed by atoms with Gasteiger partial charge in [-0.05, 0) is 47.7 Å². The van der Waals surface area contributed by atoms with Crippen LogP contribution < -0.4 is 13.8 Å². The lowest BCUT2D eigenvalue weighted by atomic mass is 10.0. The van der Waals surface area contributed by atoms with E-state index in [2.05, 4.69) is 4.18 Å². The molecule has 0 spiro atoms. The predicted molar refractivity (Wildman–Crippen MR) is 126 cm³/mol. The molecule has 0 unspecified atom stereocenters. The number of anilines is 2. The minimum atomic E-state index is -5.13. The predicted octanol–water partition coefficient (Wildman–Crippen LogP) is 7.13. The van der Waals surface area contributed by atoms with Crippen LogP contribution in [0.15, 0.2) is 41.3 Å². The Balaban J connectivity index is 1.48. The normalized spacial score (nSPS) is 18.3. The van der Waals surface area contributed by atoms with Crippen molar-refractivity contribution < 1.29 is 56.9 Å². The molecule has 1 saturated carbocycles. The highest BCUT2D eigenvalue weighted by molar-refractivity contribution is 7.87. The van der Waals surface area contributed by atoms with E-state index in [9.17, 15) is 43.5 Å². The second kappa shape index (κ2) is 9.89. The number of halogens is 9. The summed E-state index contributed by atoms with van der Waals surface area (Å²) < 4.78 is 158. The van der Waals surface area contributed by atoms with Crippen LogP contribution in [0, 0.1) is 40.8 Å². The van der Waals surface area contributed by atoms with Gasteiger partial charge in [-0.2, -0.15) is 30.4 Å². The van der Waals surface area contributed by atoms with Gasteiger partial charge < -0.3 is 13.8 Å². The Hall–Kier alpha value is -3.88. The number of fused-ring (bicyclic) bond motifs is 1. The molecule has 0 N–H and O–H groups in total. The van der Waals surface area contributed by atoms with E-state index in [0.717, 1.165) is 18.2 Å². The van der Waals surface area contributed by atoms with E-state index in [0.29, 0.717) is 0 Å². The molecule has 41 heavy (non-hydrogen) atoms. The summed E-state index contributed by atoms with van der Waals surface area (Å²) in [5, 5.41) is 0. The number of benzene rings is 3. The maximum absolute atomic E-state index is 15.0. The number of hydrogen-bond acceptors (Lipinski definition) is 5. The number of rotatable bonds is 6. The van der Waals surface area contributed by atoms with Gasteiger partial charge in [0.2, 0.25) is 34.8 Å². The molecule has 3 aromatic rings. The van der Waals surface area contributed by atoms with Crippen molar-refractivity contribution in [1.29, 1.82) is 0 Å². The molecular formula is C26H16F9NO4S.